The van der Waals surface area contributed by atoms with Crippen LogP contribution in [-0.4, -0.2) is 27.3 Å². The van der Waals surface area contributed by atoms with Gasteiger partial charge in [0.15, 0.2) is 0 Å². The first-order valence-corrected chi connectivity index (χ1v) is 5.09. The molecule has 0 aliphatic heterocycles. The maximum atomic E-state index is 8.58. The van der Waals surface area contributed by atoms with Gasteiger partial charge in [0.05, 0.1) is 0 Å². The Bertz CT molecular complexity index is 213. The second-order valence-corrected chi connectivity index (χ2v) is 3.12. The summed E-state index contributed by atoms with van der Waals surface area (Å²) in [7, 11) is 0. The summed E-state index contributed by atoms with van der Waals surface area (Å²) in [6.45, 7) is 0. The van der Waals surface area contributed by atoms with E-state index in [1.807, 2.05) is 0 Å². The predicted octanol–water partition coefficient (Wildman–Crippen LogP) is -5.62. The fraction of sp³-hybridized carbons (Fsp3) is 0. The third-order valence-electron chi connectivity index (χ3n) is 0. The van der Waals surface area contributed by atoms with Crippen LogP contribution in [0.2, 0.25) is 0 Å². The minimum absolute atomic E-state index is 0. The Hall–Kier alpha value is 1.51. The molecule has 3 radical (unpaired) electrons. The van der Waals surface area contributed by atoms with E-state index in [9.17, 15) is 0 Å². The molecule has 0 aromatic heterocycles. The first-order chi connectivity index (χ1) is 4.00. The van der Waals surface area contributed by atoms with Crippen molar-refractivity contribution >= 4 is 27.3 Å². The zero-order valence-electron chi connectivity index (χ0n) is 4.86. The molecule has 0 N–H and O–H groups in total. The summed E-state index contributed by atoms with van der Waals surface area (Å²) in [4.78, 5) is 0. The Balaban J connectivity index is -0.0000000457. The standard InChI is InChI=1S/Co.2Mn.8O.Pb/q+2;;;;;;;4*-1;+2. The molecule has 12 heavy (non-hydrogen) atoms. The summed E-state index contributed by atoms with van der Waals surface area (Å²) in [5.74, 6) is 0. The van der Waals surface area contributed by atoms with E-state index in [2.05, 4.69) is 0 Å². The van der Waals surface area contributed by atoms with Gasteiger partial charge in [0.2, 0.25) is 0 Å². The first-order valence-electron chi connectivity index (χ1n) is 1.23. The molecule has 12 heteroatoms. The molecule has 8 nitrogen and oxygen atoms in total. The van der Waals surface area contributed by atoms with Crippen molar-refractivity contribution in [2.75, 3.05) is 0 Å². The minimum Gasteiger partial charge on any atom is 2.00 e. The molecular formula is CoMn2O8Pb. The van der Waals surface area contributed by atoms with Crippen molar-refractivity contribution in [3.05, 3.63) is 0 Å². The molecule has 0 fully saturated rings. The SMILES string of the molecule is [Co+2].[O]=[Mn](=[O])([O-])[O-].[O]=[Mn](=[O])([O-])[O-].[Pb+2]. The summed E-state index contributed by atoms with van der Waals surface area (Å²) < 4.78 is 68.6. The Morgan fingerprint density at radius 1 is 0.667 bits per heavy atom. The van der Waals surface area contributed by atoms with Gasteiger partial charge in [0, 0.05) is 0 Å². The molecule has 0 atom stereocenters. The number of hydrogen-bond donors (Lipinski definition) is 0. The van der Waals surface area contributed by atoms with Crippen molar-refractivity contribution in [1.29, 1.82) is 0 Å². The summed E-state index contributed by atoms with van der Waals surface area (Å²) in [5.41, 5.74) is 0. The summed E-state index contributed by atoms with van der Waals surface area (Å²) in [6.07, 6.45) is 0. The molecular weight excluding hydrogens is 504 g/mol. The zero-order valence-corrected chi connectivity index (χ0v) is 12.1. The quantitative estimate of drug-likeness (QED) is 0.295. The molecule has 0 unspecified atom stereocenters. The monoisotopic (exact) mass is 505 g/mol. The summed E-state index contributed by atoms with van der Waals surface area (Å²) >= 11 is -11.2. The average molecular weight is 504 g/mol. The maximum Gasteiger partial charge on any atom is 2.00 e. The topological polar surface area (TPSA) is 161 Å². The van der Waals surface area contributed by atoms with Crippen LogP contribution in [0, 0.1) is 0 Å². The van der Waals surface area contributed by atoms with Crippen LogP contribution in [-0.2, 0) is 58.9 Å². The molecule has 0 aromatic rings. The van der Waals surface area contributed by atoms with Gasteiger partial charge < -0.3 is 0 Å². The van der Waals surface area contributed by atoms with E-state index in [-0.39, 0.29) is 44.1 Å². The van der Waals surface area contributed by atoms with Crippen molar-refractivity contribution in [3.8, 4) is 0 Å². The van der Waals surface area contributed by atoms with E-state index in [1.54, 1.807) is 0 Å². The molecule has 75 valence electrons. The van der Waals surface area contributed by atoms with Gasteiger partial charge in [0.1, 0.15) is 0 Å². The fourth-order valence-electron chi connectivity index (χ4n) is 0. The van der Waals surface area contributed by atoms with Gasteiger partial charge in [-0.15, -0.1) is 0 Å². The van der Waals surface area contributed by atoms with Crippen LogP contribution < -0.4 is 16.8 Å². The van der Waals surface area contributed by atoms with Crippen LogP contribution >= 0.6 is 0 Å². The van der Waals surface area contributed by atoms with E-state index in [1.165, 1.54) is 0 Å². The van der Waals surface area contributed by atoms with Crippen LogP contribution in [0.1, 0.15) is 0 Å². The molecule has 0 rings (SSSR count). The molecule has 0 aliphatic carbocycles. The summed E-state index contributed by atoms with van der Waals surface area (Å²) in [6, 6.07) is 0. The molecule has 0 saturated carbocycles. The van der Waals surface area contributed by atoms with Crippen molar-refractivity contribution in [2.45, 2.75) is 0 Å². The van der Waals surface area contributed by atoms with Gasteiger partial charge >= 0.3 is 103 Å². The van der Waals surface area contributed by atoms with Crippen LogP contribution in [0.3, 0.4) is 0 Å². The van der Waals surface area contributed by atoms with Crippen LogP contribution in [0.4, 0.5) is 0 Å². The van der Waals surface area contributed by atoms with Gasteiger partial charge in [0.25, 0.3) is 0 Å². The second-order valence-electron chi connectivity index (χ2n) is 0.756. The summed E-state index contributed by atoms with van der Waals surface area (Å²) in [5, 5.41) is 0. The fourth-order valence-corrected chi connectivity index (χ4v) is 0. The second kappa shape index (κ2) is 9.08. The predicted molar refractivity (Wildman–Crippen MR) is 8.50 cm³/mol. The van der Waals surface area contributed by atoms with Gasteiger partial charge in [-0.2, -0.15) is 0 Å². The van der Waals surface area contributed by atoms with E-state index in [0.29, 0.717) is 0 Å². The first kappa shape index (κ1) is 23.4. The van der Waals surface area contributed by atoms with Crippen molar-refractivity contribution in [3.63, 3.8) is 0 Å². The van der Waals surface area contributed by atoms with Gasteiger partial charge in [-0.3, -0.25) is 0 Å². The molecule has 0 aliphatic rings. The smallest absolute Gasteiger partial charge is 2.00 e. The molecule has 0 bridgehead atoms. The molecule has 0 saturated heterocycles. The van der Waals surface area contributed by atoms with E-state index in [4.69, 9.17) is 32.1 Å². The van der Waals surface area contributed by atoms with Crippen LogP contribution in [0.15, 0.2) is 0 Å². The Morgan fingerprint density at radius 3 is 0.667 bits per heavy atom. The van der Waals surface area contributed by atoms with Crippen LogP contribution in [0.25, 0.3) is 0 Å². The van der Waals surface area contributed by atoms with E-state index in [0.717, 1.165) is 0 Å². The Morgan fingerprint density at radius 2 is 0.667 bits per heavy atom. The third kappa shape index (κ3) is 559. The number of hydrogen-bond acceptors (Lipinski definition) is 8. The largest absolute Gasteiger partial charge is 2.00 e. The van der Waals surface area contributed by atoms with E-state index < -0.39 is 26.7 Å². The van der Waals surface area contributed by atoms with E-state index >= 15 is 0 Å². The Kier molecular flexibility index (Phi) is 17.7. The average Bonchev–Trinajstić information content (AvgIpc) is 1.12. The normalized spacial score (nSPS) is 9.67. The minimum atomic E-state index is -5.62. The van der Waals surface area contributed by atoms with Crippen molar-refractivity contribution < 1.29 is 75.6 Å². The molecule has 0 heterocycles. The third-order valence-corrected chi connectivity index (χ3v) is 0. The van der Waals surface area contributed by atoms with Gasteiger partial charge in [-0.25, -0.2) is 0 Å². The van der Waals surface area contributed by atoms with Crippen molar-refractivity contribution in [1.82, 2.24) is 0 Å². The van der Waals surface area contributed by atoms with Crippen LogP contribution in [0.5, 0.6) is 0 Å². The molecule has 0 spiro atoms. The van der Waals surface area contributed by atoms with Crippen molar-refractivity contribution in [2.24, 2.45) is 0 Å². The Labute approximate surface area is 102 Å². The maximum absolute atomic E-state index is 8.58. The molecule has 0 amide bonds. The molecule has 0 aromatic carbocycles. The van der Waals surface area contributed by atoms with Gasteiger partial charge in [-0.1, -0.05) is 0 Å². The zero-order chi connectivity index (χ0) is 9.00. The number of rotatable bonds is 0. The van der Waals surface area contributed by atoms with Gasteiger partial charge in [-0.05, 0) is 0 Å².